The topological polar surface area (TPSA) is 18.5 Å². The van der Waals surface area contributed by atoms with Crippen LogP contribution >= 0.6 is 0 Å². The smallest absolute Gasteiger partial charge is 0.0530 e. The molecule has 3 heteroatoms. The molecular formula is C17H27N3. The summed E-state index contributed by atoms with van der Waals surface area (Å²) < 4.78 is 0. The Bertz CT molecular complexity index is 403. The zero-order valence-corrected chi connectivity index (χ0v) is 12.8. The highest BCUT2D eigenvalue weighted by molar-refractivity contribution is 5.48. The molecule has 1 fully saturated rings. The number of nitrogens with one attached hydrogen (secondary N) is 1. The molecule has 0 unspecified atom stereocenters. The van der Waals surface area contributed by atoms with Gasteiger partial charge in [-0.15, -0.1) is 6.58 Å². The van der Waals surface area contributed by atoms with E-state index in [-0.39, 0.29) is 0 Å². The second-order valence-corrected chi connectivity index (χ2v) is 5.23. The van der Waals surface area contributed by atoms with Crippen LogP contribution in [-0.4, -0.2) is 44.2 Å². The van der Waals surface area contributed by atoms with Crippen molar-refractivity contribution in [2.24, 2.45) is 0 Å². The molecule has 1 aliphatic heterocycles. The predicted molar refractivity (Wildman–Crippen MR) is 87.4 cm³/mol. The molecule has 2 rings (SSSR count). The van der Waals surface area contributed by atoms with E-state index in [1.54, 1.807) is 0 Å². The summed E-state index contributed by atoms with van der Waals surface area (Å²) in [5.41, 5.74) is 2.65. The first-order valence-corrected chi connectivity index (χ1v) is 7.72. The molecule has 1 aromatic carbocycles. The Morgan fingerprint density at radius 2 is 1.80 bits per heavy atom. The number of hydrogen-bond acceptors (Lipinski definition) is 3. The Morgan fingerprint density at radius 1 is 1.20 bits per heavy atom. The van der Waals surface area contributed by atoms with E-state index in [0.717, 1.165) is 39.3 Å². The molecule has 0 spiro atoms. The van der Waals surface area contributed by atoms with Crippen LogP contribution in [0.4, 0.5) is 5.69 Å². The van der Waals surface area contributed by atoms with Gasteiger partial charge in [-0.3, -0.25) is 4.90 Å². The molecule has 0 saturated carbocycles. The van der Waals surface area contributed by atoms with Gasteiger partial charge in [0.05, 0.1) is 6.04 Å². The van der Waals surface area contributed by atoms with E-state index in [4.69, 9.17) is 0 Å². The quantitative estimate of drug-likeness (QED) is 0.804. The van der Waals surface area contributed by atoms with E-state index in [1.165, 1.54) is 11.3 Å². The summed E-state index contributed by atoms with van der Waals surface area (Å²) in [6.07, 6.45) is 2.07. The lowest BCUT2D eigenvalue weighted by Crippen LogP contribution is -2.44. The fraction of sp³-hybridized carbons (Fsp3) is 0.529. The van der Waals surface area contributed by atoms with Gasteiger partial charge in [-0.1, -0.05) is 18.2 Å². The van der Waals surface area contributed by atoms with Crippen molar-refractivity contribution in [2.75, 3.05) is 44.2 Å². The van der Waals surface area contributed by atoms with Gasteiger partial charge in [0.25, 0.3) is 0 Å². The summed E-state index contributed by atoms with van der Waals surface area (Å²) in [5, 5.41) is 3.40. The van der Waals surface area contributed by atoms with Gasteiger partial charge in [-0.2, -0.15) is 0 Å². The molecular weight excluding hydrogens is 246 g/mol. The number of anilines is 1. The van der Waals surface area contributed by atoms with Gasteiger partial charge < -0.3 is 10.2 Å². The number of nitrogens with zero attached hydrogens (tertiary/aromatic N) is 2. The highest BCUT2D eigenvalue weighted by Gasteiger charge is 2.19. The third-order valence-corrected chi connectivity index (χ3v) is 4.13. The molecule has 0 aliphatic carbocycles. The van der Waals surface area contributed by atoms with Crippen LogP contribution in [-0.2, 0) is 0 Å². The monoisotopic (exact) mass is 273 g/mol. The molecule has 0 radical (unpaired) electrons. The molecule has 3 nitrogen and oxygen atoms in total. The van der Waals surface area contributed by atoms with Crippen LogP contribution in [0.25, 0.3) is 0 Å². The first-order chi connectivity index (χ1) is 9.80. The summed E-state index contributed by atoms with van der Waals surface area (Å²) in [6, 6.07) is 9.31. The summed E-state index contributed by atoms with van der Waals surface area (Å²) in [5.74, 6) is 0. The average Bonchev–Trinajstić information content (AvgIpc) is 2.52. The summed E-state index contributed by atoms with van der Waals surface area (Å²) in [6.45, 7) is 14.9. The maximum absolute atomic E-state index is 4.03. The first-order valence-electron chi connectivity index (χ1n) is 7.72. The van der Waals surface area contributed by atoms with E-state index in [2.05, 4.69) is 65.9 Å². The van der Waals surface area contributed by atoms with Crippen molar-refractivity contribution in [3.63, 3.8) is 0 Å². The highest BCUT2D eigenvalue weighted by Crippen LogP contribution is 2.24. The summed E-state index contributed by atoms with van der Waals surface area (Å²) in [7, 11) is 0. The van der Waals surface area contributed by atoms with Crippen molar-refractivity contribution in [3.8, 4) is 0 Å². The molecule has 1 aliphatic rings. The number of hydrogen-bond donors (Lipinski definition) is 1. The molecule has 110 valence electrons. The average molecular weight is 273 g/mol. The number of benzene rings is 1. The minimum Gasteiger partial charge on any atom is -0.372 e. The summed E-state index contributed by atoms with van der Waals surface area (Å²) >= 11 is 0. The molecule has 0 bridgehead atoms. The van der Waals surface area contributed by atoms with Crippen LogP contribution in [0.15, 0.2) is 36.9 Å². The van der Waals surface area contributed by atoms with Crippen LogP contribution in [0.2, 0.25) is 0 Å². The van der Waals surface area contributed by atoms with E-state index < -0.39 is 0 Å². The van der Waals surface area contributed by atoms with Gasteiger partial charge in [0.2, 0.25) is 0 Å². The standard InChI is InChI=1S/C17H27N3/c1-4-17(20-13-11-18-12-14-20)15-7-9-16(10-8-15)19(5-2)6-3/h4,7-10,17-18H,1,5-6,11-14H2,2-3H3/t17-/m0/s1. The largest absolute Gasteiger partial charge is 0.372 e. The summed E-state index contributed by atoms with van der Waals surface area (Å²) in [4.78, 5) is 4.87. The van der Waals surface area contributed by atoms with Crippen LogP contribution < -0.4 is 10.2 Å². The lowest BCUT2D eigenvalue weighted by molar-refractivity contribution is 0.203. The van der Waals surface area contributed by atoms with E-state index in [1.807, 2.05) is 0 Å². The van der Waals surface area contributed by atoms with Crippen LogP contribution in [0, 0.1) is 0 Å². The van der Waals surface area contributed by atoms with Crippen molar-refractivity contribution in [3.05, 3.63) is 42.5 Å². The molecule has 1 saturated heterocycles. The van der Waals surface area contributed by atoms with E-state index >= 15 is 0 Å². The van der Waals surface area contributed by atoms with Gasteiger partial charge in [0, 0.05) is 45.0 Å². The fourth-order valence-electron chi connectivity index (χ4n) is 2.93. The van der Waals surface area contributed by atoms with Gasteiger partial charge in [0.1, 0.15) is 0 Å². The maximum Gasteiger partial charge on any atom is 0.0530 e. The SMILES string of the molecule is C=C[C@@H](c1ccc(N(CC)CC)cc1)N1CCNCC1. The molecule has 20 heavy (non-hydrogen) atoms. The van der Waals surface area contributed by atoms with Gasteiger partial charge in [-0.25, -0.2) is 0 Å². The van der Waals surface area contributed by atoms with Crippen LogP contribution in [0.3, 0.4) is 0 Å². The third kappa shape index (κ3) is 3.41. The zero-order chi connectivity index (χ0) is 14.4. The zero-order valence-electron chi connectivity index (χ0n) is 12.8. The van der Waals surface area contributed by atoms with Gasteiger partial charge in [0.15, 0.2) is 0 Å². The maximum atomic E-state index is 4.03. The Morgan fingerprint density at radius 3 is 2.30 bits per heavy atom. The van der Waals surface area contributed by atoms with Gasteiger partial charge in [-0.05, 0) is 31.5 Å². The van der Waals surface area contributed by atoms with Crippen molar-refractivity contribution >= 4 is 5.69 Å². The van der Waals surface area contributed by atoms with Crippen molar-refractivity contribution in [1.29, 1.82) is 0 Å². The molecule has 1 heterocycles. The molecule has 0 amide bonds. The van der Waals surface area contributed by atoms with Crippen LogP contribution in [0.1, 0.15) is 25.5 Å². The van der Waals surface area contributed by atoms with Crippen molar-refractivity contribution in [2.45, 2.75) is 19.9 Å². The normalized spacial score (nSPS) is 17.7. The lowest BCUT2D eigenvalue weighted by atomic mass is 10.0. The lowest BCUT2D eigenvalue weighted by Gasteiger charge is -2.33. The van der Waals surface area contributed by atoms with Crippen LogP contribution in [0.5, 0.6) is 0 Å². The predicted octanol–water partition coefficient (Wildman–Crippen LogP) is 2.67. The van der Waals surface area contributed by atoms with Crippen molar-refractivity contribution < 1.29 is 0 Å². The van der Waals surface area contributed by atoms with E-state index in [9.17, 15) is 0 Å². The third-order valence-electron chi connectivity index (χ3n) is 4.13. The van der Waals surface area contributed by atoms with Crippen molar-refractivity contribution in [1.82, 2.24) is 10.2 Å². The Balaban J connectivity index is 2.12. The molecule has 1 aromatic rings. The second kappa shape index (κ2) is 7.46. The van der Waals surface area contributed by atoms with Gasteiger partial charge >= 0.3 is 0 Å². The van der Waals surface area contributed by atoms with E-state index in [0.29, 0.717) is 6.04 Å². The minimum atomic E-state index is 0.336. The fourth-order valence-corrected chi connectivity index (χ4v) is 2.93. The molecule has 1 atom stereocenters. The highest BCUT2D eigenvalue weighted by atomic mass is 15.2. The molecule has 1 N–H and O–H groups in total. The number of rotatable bonds is 6. The second-order valence-electron chi connectivity index (χ2n) is 5.23. The Kier molecular flexibility index (Phi) is 5.62. The Hall–Kier alpha value is -1.32. The Labute approximate surface area is 123 Å². The minimum absolute atomic E-state index is 0.336. The number of piperazine rings is 1. The molecule has 0 aromatic heterocycles. The first kappa shape index (κ1) is 15.1.